The highest BCUT2D eigenvalue weighted by Crippen LogP contribution is 2.29. The lowest BCUT2D eigenvalue weighted by Gasteiger charge is -2.08. The first kappa shape index (κ1) is 16.9. The van der Waals surface area contributed by atoms with Crippen molar-refractivity contribution in [1.82, 2.24) is 10.3 Å². The fourth-order valence-electron chi connectivity index (χ4n) is 2.65. The molecule has 128 valence electrons. The SMILES string of the molecule is CCOc1ccc(-c2nc(C)c(C(=O)NC[C@H]3CCOC3)s2)cc1. The third kappa shape index (κ3) is 3.94. The van der Waals surface area contributed by atoms with E-state index in [1.165, 1.54) is 11.3 Å². The molecule has 2 aromatic rings. The van der Waals surface area contributed by atoms with Gasteiger partial charge in [0.1, 0.15) is 15.6 Å². The molecule has 1 amide bonds. The lowest BCUT2D eigenvalue weighted by molar-refractivity contribution is 0.0948. The number of thiazole rings is 1. The van der Waals surface area contributed by atoms with Crippen molar-refractivity contribution in [2.45, 2.75) is 20.3 Å². The van der Waals surface area contributed by atoms with E-state index >= 15 is 0 Å². The van der Waals surface area contributed by atoms with Crippen LogP contribution in [-0.4, -0.2) is 37.3 Å². The van der Waals surface area contributed by atoms with Crippen molar-refractivity contribution < 1.29 is 14.3 Å². The summed E-state index contributed by atoms with van der Waals surface area (Å²) < 4.78 is 10.8. The van der Waals surface area contributed by atoms with E-state index in [1.54, 1.807) is 0 Å². The highest BCUT2D eigenvalue weighted by Gasteiger charge is 2.20. The standard InChI is InChI=1S/C18H22N2O3S/c1-3-23-15-6-4-14(5-7-15)18-20-12(2)16(24-18)17(21)19-10-13-8-9-22-11-13/h4-7,13H,3,8-11H2,1-2H3,(H,19,21)/t13-/m1/s1. The molecule has 1 aliphatic heterocycles. The van der Waals surface area contributed by atoms with Crippen molar-refractivity contribution in [3.8, 4) is 16.3 Å². The van der Waals surface area contributed by atoms with Gasteiger partial charge in [-0.1, -0.05) is 0 Å². The molecular formula is C18H22N2O3S. The van der Waals surface area contributed by atoms with E-state index in [1.807, 2.05) is 38.1 Å². The molecule has 0 saturated carbocycles. The molecular weight excluding hydrogens is 324 g/mol. The van der Waals surface area contributed by atoms with Crippen LogP contribution in [0.2, 0.25) is 0 Å². The summed E-state index contributed by atoms with van der Waals surface area (Å²) in [6.45, 7) is 6.67. The number of carbonyl (C=O) groups is 1. The Kier molecular flexibility index (Phi) is 5.48. The Bertz CT molecular complexity index is 691. The number of hydrogen-bond donors (Lipinski definition) is 1. The molecule has 1 saturated heterocycles. The maximum atomic E-state index is 12.4. The van der Waals surface area contributed by atoms with Gasteiger partial charge >= 0.3 is 0 Å². The van der Waals surface area contributed by atoms with Crippen LogP contribution in [0.15, 0.2) is 24.3 Å². The van der Waals surface area contributed by atoms with Gasteiger partial charge in [-0.15, -0.1) is 11.3 Å². The summed E-state index contributed by atoms with van der Waals surface area (Å²) in [4.78, 5) is 17.6. The van der Waals surface area contributed by atoms with Crippen LogP contribution in [0.5, 0.6) is 5.75 Å². The fraction of sp³-hybridized carbons (Fsp3) is 0.444. The third-order valence-electron chi connectivity index (χ3n) is 3.99. The van der Waals surface area contributed by atoms with Gasteiger partial charge in [0.25, 0.3) is 5.91 Å². The third-order valence-corrected chi connectivity index (χ3v) is 5.20. The first-order valence-corrected chi connectivity index (χ1v) is 9.05. The second-order valence-corrected chi connectivity index (χ2v) is 6.83. The molecule has 24 heavy (non-hydrogen) atoms. The minimum Gasteiger partial charge on any atom is -0.494 e. The molecule has 3 rings (SSSR count). The van der Waals surface area contributed by atoms with E-state index in [-0.39, 0.29) is 5.91 Å². The van der Waals surface area contributed by atoms with Crippen LogP contribution >= 0.6 is 11.3 Å². The fourth-order valence-corrected chi connectivity index (χ4v) is 3.64. The molecule has 1 N–H and O–H groups in total. The number of ether oxygens (including phenoxy) is 2. The summed E-state index contributed by atoms with van der Waals surface area (Å²) in [7, 11) is 0. The van der Waals surface area contributed by atoms with Crippen LogP contribution in [-0.2, 0) is 4.74 Å². The number of aromatic nitrogens is 1. The van der Waals surface area contributed by atoms with Gasteiger partial charge in [0.05, 0.1) is 18.9 Å². The topological polar surface area (TPSA) is 60.5 Å². The first-order chi connectivity index (χ1) is 11.7. The predicted molar refractivity (Wildman–Crippen MR) is 94.7 cm³/mol. The van der Waals surface area contributed by atoms with Gasteiger partial charge < -0.3 is 14.8 Å². The highest BCUT2D eigenvalue weighted by molar-refractivity contribution is 7.17. The summed E-state index contributed by atoms with van der Waals surface area (Å²) in [5.74, 6) is 1.22. The molecule has 1 atom stereocenters. The summed E-state index contributed by atoms with van der Waals surface area (Å²) in [6.07, 6.45) is 1.01. The zero-order chi connectivity index (χ0) is 16.9. The second kappa shape index (κ2) is 7.77. The number of amides is 1. The number of nitrogens with one attached hydrogen (secondary N) is 1. The minimum absolute atomic E-state index is 0.0471. The maximum absolute atomic E-state index is 12.4. The van der Waals surface area contributed by atoms with E-state index in [0.717, 1.165) is 41.6 Å². The lowest BCUT2D eigenvalue weighted by Crippen LogP contribution is -2.29. The molecule has 0 radical (unpaired) electrons. The molecule has 1 aromatic carbocycles. The zero-order valence-corrected chi connectivity index (χ0v) is 14.8. The number of nitrogens with zero attached hydrogens (tertiary/aromatic N) is 1. The molecule has 2 heterocycles. The van der Waals surface area contributed by atoms with E-state index in [9.17, 15) is 4.79 Å². The van der Waals surface area contributed by atoms with Crippen LogP contribution in [0.4, 0.5) is 0 Å². The first-order valence-electron chi connectivity index (χ1n) is 8.24. The monoisotopic (exact) mass is 346 g/mol. The Hall–Kier alpha value is -1.92. The summed E-state index contributed by atoms with van der Waals surface area (Å²) in [5, 5.41) is 3.86. The minimum atomic E-state index is -0.0471. The maximum Gasteiger partial charge on any atom is 0.263 e. The number of hydrogen-bond acceptors (Lipinski definition) is 5. The van der Waals surface area contributed by atoms with Crippen LogP contribution in [0.25, 0.3) is 10.6 Å². The highest BCUT2D eigenvalue weighted by atomic mass is 32.1. The Labute approximate surface area is 146 Å². The summed E-state index contributed by atoms with van der Waals surface area (Å²) in [6, 6.07) is 7.80. The molecule has 0 aliphatic carbocycles. The Balaban J connectivity index is 1.68. The van der Waals surface area contributed by atoms with E-state index in [2.05, 4.69) is 10.3 Å². The largest absolute Gasteiger partial charge is 0.494 e. The molecule has 5 nitrogen and oxygen atoms in total. The predicted octanol–water partition coefficient (Wildman–Crippen LogP) is 3.28. The van der Waals surface area contributed by atoms with Crippen molar-refractivity contribution in [3.05, 3.63) is 34.8 Å². The number of benzene rings is 1. The normalized spacial score (nSPS) is 17.0. The van der Waals surface area contributed by atoms with Gasteiger partial charge in [-0.2, -0.15) is 0 Å². The van der Waals surface area contributed by atoms with E-state index < -0.39 is 0 Å². The molecule has 1 aromatic heterocycles. The van der Waals surface area contributed by atoms with Crippen LogP contribution < -0.4 is 10.1 Å². The quantitative estimate of drug-likeness (QED) is 0.872. The molecule has 6 heteroatoms. The zero-order valence-electron chi connectivity index (χ0n) is 14.0. The average Bonchev–Trinajstić information content (AvgIpc) is 3.23. The van der Waals surface area contributed by atoms with Crippen molar-refractivity contribution in [1.29, 1.82) is 0 Å². The number of rotatable bonds is 6. The van der Waals surface area contributed by atoms with Gasteiger partial charge in [0.15, 0.2) is 0 Å². The van der Waals surface area contributed by atoms with Gasteiger partial charge in [-0.05, 0) is 44.5 Å². The van der Waals surface area contributed by atoms with Gasteiger partial charge in [0.2, 0.25) is 0 Å². The summed E-state index contributed by atoms with van der Waals surface area (Å²) in [5.41, 5.74) is 1.76. The molecule has 0 bridgehead atoms. The smallest absolute Gasteiger partial charge is 0.263 e. The summed E-state index contributed by atoms with van der Waals surface area (Å²) >= 11 is 1.43. The van der Waals surface area contributed by atoms with Crippen LogP contribution in [0.3, 0.4) is 0 Å². The van der Waals surface area contributed by atoms with Gasteiger partial charge in [-0.3, -0.25) is 4.79 Å². The van der Waals surface area contributed by atoms with Crippen molar-refractivity contribution in [2.75, 3.05) is 26.4 Å². The Morgan fingerprint density at radius 3 is 2.88 bits per heavy atom. The lowest BCUT2D eigenvalue weighted by atomic mass is 10.1. The van der Waals surface area contributed by atoms with E-state index in [0.29, 0.717) is 23.9 Å². The number of carbonyl (C=O) groups excluding carboxylic acids is 1. The van der Waals surface area contributed by atoms with Gasteiger partial charge in [-0.25, -0.2) is 4.98 Å². The number of aryl methyl sites for hydroxylation is 1. The van der Waals surface area contributed by atoms with Crippen molar-refractivity contribution >= 4 is 17.2 Å². The van der Waals surface area contributed by atoms with E-state index in [4.69, 9.17) is 9.47 Å². The van der Waals surface area contributed by atoms with Crippen molar-refractivity contribution in [2.24, 2.45) is 5.92 Å². The molecule has 0 unspecified atom stereocenters. The molecule has 0 spiro atoms. The molecule has 1 aliphatic rings. The van der Waals surface area contributed by atoms with Crippen LogP contribution in [0.1, 0.15) is 28.7 Å². The van der Waals surface area contributed by atoms with Crippen LogP contribution in [0, 0.1) is 12.8 Å². The van der Waals surface area contributed by atoms with Gasteiger partial charge in [0, 0.05) is 24.6 Å². The average molecular weight is 346 g/mol. The second-order valence-electron chi connectivity index (χ2n) is 5.83. The van der Waals surface area contributed by atoms with Crippen molar-refractivity contribution in [3.63, 3.8) is 0 Å². The Morgan fingerprint density at radius 1 is 1.42 bits per heavy atom. The Morgan fingerprint density at radius 2 is 2.21 bits per heavy atom. The molecule has 1 fully saturated rings.